The molecule has 160 valence electrons. The van der Waals surface area contributed by atoms with Crippen molar-refractivity contribution in [3.05, 3.63) is 94.1 Å². The Morgan fingerprint density at radius 3 is 2.34 bits per heavy atom. The van der Waals surface area contributed by atoms with Crippen molar-refractivity contribution >= 4 is 10.9 Å². The lowest BCUT2D eigenvalue weighted by atomic mass is 10.2. The van der Waals surface area contributed by atoms with Gasteiger partial charge in [0.25, 0.3) is 11.4 Å². The normalized spacial score (nSPS) is 11.3. The second-order valence-corrected chi connectivity index (χ2v) is 7.80. The molecule has 0 unspecified atom stereocenters. The molecule has 32 heavy (non-hydrogen) atoms. The quantitative estimate of drug-likeness (QED) is 0.415. The van der Waals surface area contributed by atoms with E-state index in [-0.39, 0.29) is 12.1 Å². The van der Waals surface area contributed by atoms with Crippen LogP contribution in [0.4, 0.5) is 0 Å². The van der Waals surface area contributed by atoms with Crippen molar-refractivity contribution in [1.29, 1.82) is 0 Å². The van der Waals surface area contributed by atoms with Crippen molar-refractivity contribution in [3.8, 4) is 17.1 Å². The van der Waals surface area contributed by atoms with Gasteiger partial charge in [-0.15, -0.1) is 0 Å². The molecule has 5 aromatic rings. The topological polar surface area (TPSA) is 78.7 Å². The maximum atomic E-state index is 13.0. The van der Waals surface area contributed by atoms with Crippen LogP contribution in [-0.4, -0.2) is 24.3 Å². The van der Waals surface area contributed by atoms with E-state index in [4.69, 9.17) is 4.52 Å². The lowest BCUT2D eigenvalue weighted by Gasteiger charge is -2.10. The van der Waals surface area contributed by atoms with E-state index in [9.17, 15) is 4.79 Å². The molecule has 7 heteroatoms. The zero-order valence-electron chi connectivity index (χ0n) is 18.2. The third kappa shape index (κ3) is 3.41. The second kappa shape index (κ2) is 7.92. The highest BCUT2D eigenvalue weighted by Gasteiger charge is 2.15. The van der Waals surface area contributed by atoms with Crippen LogP contribution in [0.1, 0.15) is 30.0 Å². The molecule has 2 aromatic carbocycles. The van der Waals surface area contributed by atoms with Crippen LogP contribution in [0.15, 0.2) is 70.0 Å². The lowest BCUT2D eigenvalue weighted by molar-refractivity contribution is 0.419. The van der Waals surface area contributed by atoms with Crippen LogP contribution in [0.5, 0.6) is 0 Å². The standard InChI is InChI=1S/C25H23N5O2/c1-4-23-26-21-8-6-5-7-20(21)25(31)29(23)15-22-27-24(32-28-22)18-11-13-19(14-12-18)30-16(2)9-10-17(30)3/h5-14H,4,15H2,1-3H3. The molecule has 0 saturated carbocycles. The van der Waals surface area contributed by atoms with Crippen molar-refractivity contribution in [2.24, 2.45) is 0 Å². The summed E-state index contributed by atoms with van der Waals surface area (Å²) >= 11 is 0. The molecular formula is C25H23N5O2. The van der Waals surface area contributed by atoms with E-state index in [2.05, 4.69) is 45.7 Å². The average Bonchev–Trinajstić information content (AvgIpc) is 3.42. The number of aryl methyl sites for hydroxylation is 3. The Kier molecular flexibility index (Phi) is 4.93. The fraction of sp³-hybridized carbons (Fsp3) is 0.200. The highest BCUT2D eigenvalue weighted by Crippen LogP contribution is 2.22. The van der Waals surface area contributed by atoms with Gasteiger partial charge in [-0.25, -0.2) is 4.98 Å². The molecule has 3 aromatic heterocycles. The van der Waals surface area contributed by atoms with E-state index in [0.29, 0.717) is 34.9 Å². The van der Waals surface area contributed by atoms with E-state index in [1.54, 1.807) is 10.6 Å². The van der Waals surface area contributed by atoms with Crippen LogP contribution >= 0.6 is 0 Å². The Labute approximate surface area is 185 Å². The molecule has 0 N–H and O–H groups in total. The largest absolute Gasteiger partial charge is 0.334 e. The van der Waals surface area contributed by atoms with E-state index in [1.165, 1.54) is 11.4 Å². The molecule has 0 radical (unpaired) electrons. The van der Waals surface area contributed by atoms with E-state index >= 15 is 0 Å². The predicted octanol–water partition coefficient (Wildman–Crippen LogP) is 4.46. The summed E-state index contributed by atoms with van der Waals surface area (Å²) in [7, 11) is 0. The molecule has 0 fully saturated rings. The molecule has 0 aliphatic heterocycles. The predicted molar refractivity (Wildman–Crippen MR) is 123 cm³/mol. The number of hydrogen-bond donors (Lipinski definition) is 0. The number of fused-ring (bicyclic) bond motifs is 1. The Hall–Kier alpha value is -4.00. The van der Waals surface area contributed by atoms with Gasteiger partial charge in [0.15, 0.2) is 5.82 Å². The van der Waals surface area contributed by atoms with Gasteiger partial charge in [0.1, 0.15) is 5.82 Å². The minimum absolute atomic E-state index is 0.0967. The van der Waals surface area contributed by atoms with Crippen LogP contribution in [0.2, 0.25) is 0 Å². The maximum absolute atomic E-state index is 13.0. The van der Waals surface area contributed by atoms with E-state index < -0.39 is 0 Å². The van der Waals surface area contributed by atoms with Crippen molar-refractivity contribution in [3.63, 3.8) is 0 Å². The number of nitrogens with zero attached hydrogens (tertiary/aromatic N) is 5. The summed E-state index contributed by atoms with van der Waals surface area (Å²) in [4.78, 5) is 22.2. The zero-order chi connectivity index (χ0) is 22.2. The molecular weight excluding hydrogens is 402 g/mol. The summed E-state index contributed by atoms with van der Waals surface area (Å²) in [5, 5.41) is 4.69. The molecule has 5 rings (SSSR count). The molecule has 7 nitrogen and oxygen atoms in total. The Bertz CT molecular complexity index is 1460. The van der Waals surface area contributed by atoms with Crippen LogP contribution in [0, 0.1) is 13.8 Å². The van der Waals surface area contributed by atoms with Gasteiger partial charge < -0.3 is 9.09 Å². The van der Waals surface area contributed by atoms with Crippen LogP contribution < -0.4 is 5.56 Å². The van der Waals surface area contributed by atoms with Gasteiger partial charge >= 0.3 is 0 Å². The van der Waals surface area contributed by atoms with Crippen molar-refractivity contribution < 1.29 is 4.52 Å². The Morgan fingerprint density at radius 1 is 0.906 bits per heavy atom. The molecule has 0 aliphatic rings. The molecule has 0 bridgehead atoms. The number of benzene rings is 2. The summed E-state index contributed by atoms with van der Waals surface area (Å²) in [6, 6.07) is 19.6. The van der Waals surface area contributed by atoms with E-state index in [1.807, 2.05) is 49.4 Å². The first-order valence-electron chi connectivity index (χ1n) is 10.6. The fourth-order valence-electron chi connectivity index (χ4n) is 4.05. The summed E-state index contributed by atoms with van der Waals surface area (Å²) in [6.07, 6.45) is 0.629. The minimum atomic E-state index is -0.0967. The second-order valence-electron chi connectivity index (χ2n) is 7.80. The van der Waals surface area contributed by atoms with Gasteiger partial charge in [-0.1, -0.05) is 24.2 Å². The van der Waals surface area contributed by atoms with Crippen molar-refractivity contribution in [1.82, 2.24) is 24.3 Å². The van der Waals surface area contributed by atoms with Crippen LogP contribution in [0.25, 0.3) is 28.0 Å². The summed E-state index contributed by atoms with van der Waals surface area (Å²) < 4.78 is 9.31. The molecule has 3 heterocycles. The monoisotopic (exact) mass is 425 g/mol. The van der Waals surface area contributed by atoms with Crippen molar-refractivity contribution in [2.45, 2.75) is 33.7 Å². The van der Waals surface area contributed by atoms with Gasteiger partial charge in [0, 0.05) is 29.1 Å². The Balaban J connectivity index is 1.45. The lowest BCUT2D eigenvalue weighted by Crippen LogP contribution is -2.26. The number of hydrogen-bond acceptors (Lipinski definition) is 5. The number of rotatable bonds is 5. The SMILES string of the molecule is CCc1nc2ccccc2c(=O)n1Cc1noc(-c2ccc(-n3c(C)ccc3C)cc2)n1. The van der Waals surface area contributed by atoms with Gasteiger partial charge in [-0.2, -0.15) is 4.98 Å². The summed E-state index contributed by atoms with van der Waals surface area (Å²) in [5.41, 5.74) is 4.87. The smallest absolute Gasteiger partial charge is 0.261 e. The molecule has 0 aliphatic carbocycles. The van der Waals surface area contributed by atoms with Crippen LogP contribution in [-0.2, 0) is 13.0 Å². The Morgan fingerprint density at radius 2 is 1.62 bits per heavy atom. The molecule has 0 saturated heterocycles. The van der Waals surface area contributed by atoms with E-state index in [0.717, 1.165) is 11.3 Å². The zero-order valence-corrected chi connectivity index (χ0v) is 18.2. The summed E-state index contributed by atoms with van der Waals surface area (Å²) in [6.45, 7) is 6.35. The summed E-state index contributed by atoms with van der Waals surface area (Å²) in [5.74, 6) is 1.56. The first kappa shape index (κ1) is 19.9. The first-order chi connectivity index (χ1) is 15.5. The number of para-hydroxylation sites is 1. The van der Waals surface area contributed by atoms with Gasteiger partial charge in [0.2, 0.25) is 0 Å². The number of aromatic nitrogens is 5. The average molecular weight is 425 g/mol. The highest BCUT2D eigenvalue weighted by molar-refractivity contribution is 5.77. The fourth-order valence-corrected chi connectivity index (χ4v) is 4.05. The minimum Gasteiger partial charge on any atom is -0.334 e. The molecule has 0 amide bonds. The first-order valence-corrected chi connectivity index (χ1v) is 10.6. The maximum Gasteiger partial charge on any atom is 0.261 e. The molecule has 0 spiro atoms. The third-order valence-corrected chi connectivity index (χ3v) is 5.67. The van der Waals surface area contributed by atoms with Gasteiger partial charge in [-0.05, 0) is 62.4 Å². The van der Waals surface area contributed by atoms with Gasteiger partial charge in [-0.3, -0.25) is 9.36 Å². The van der Waals surface area contributed by atoms with Crippen molar-refractivity contribution in [2.75, 3.05) is 0 Å². The third-order valence-electron chi connectivity index (χ3n) is 5.67. The molecule has 0 atom stereocenters. The van der Waals surface area contributed by atoms with Crippen LogP contribution in [0.3, 0.4) is 0 Å². The highest BCUT2D eigenvalue weighted by atomic mass is 16.5. The van der Waals surface area contributed by atoms with Gasteiger partial charge in [0.05, 0.1) is 17.4 Å².